The van der Waals surface area contributed by atoms with Gasteiger partial charge in [0.25, 0.3) is 0 Å². The van der Waals surface area contributed by atoms with E-state index in [1.54, 1.807) is 41.5 Å². The molecule has 1 fully saturated rings. The first kappa shape index (κ1) is 18.7. The molecule has 0 spiro atoms. The number of ether oxygens (including phenoxy) is 1. The van der Waals surface area contributed by atoms with E-state index in [4.69, 9.17) is 4.74 Å². The van der Waals surface area contributed by atoms with E-state index in [2.05, 4.69) is 5.32 Å². The number of nitrogens with zero attached hydrogens (tertiary/aromatic N) is 1. The molecule has 0 radical (unpaired) electrons. The van der Waals surface area contributed by atoms with Gasteiger partial charge in [0.15, 0.2) is 0 Å². The molecule has 0 saturated carbocycles. The molecule has 1 saturated heterocycles. The zero-order valence-corrected chi connectivity index (χ0v) is 14.6. The number of carbonyl (C=O) groups excluding carboxylic acids is 2. The quantitative estimate of drug-likeness (QED) is 0.852. The largest absolute Gasteiger partial charge is 0.444 e. The number of halogens is 1. The standard InChI is InChI=1S/C16H29FN2O3/c1-14(2,3)12(20)18-11-16(17)7-9-19(10-8-16)13(21)22-15(4,5)6/h7-11H2,1-6H3,(H,18,20). The number of carbonyl (C=O) groups is 2. The maximum absolute atomic E-state index is 14.7. The SMILES string of the molecule is CC(C)(C)OC(=O)N1CCC(F)(CNC(=O)C(C)(C)C)CC1. The molecule has 0 aromatic carbocycles. The van der Waals surface area contributed by atoms with Crippen molar-refractivity contribution in [3.63, 3.8) is 0 Å². The van der Waals surface area contributed by atoms with Gasteiger partial charge < -0.3 is 15.0 Å². The summed E-state index contributed by atoms with van der Waals surface area (Å²) in [5, 5.41) is 2.67. The number of alkyl halides is 1. The molecule has 5 nitrogen and oxygen atoms in total. The van der Waals surface area contributed by atoms with Crippen molar-refractivity contribution in [2.75, 3.05) is 19.6 Å². The highest BCUT2D eigenvalue weighted by molar-refractivity contribution is 5.81. The fourth-order valence-electron chi connectivity index (χ4n) is 2.10. The summed E-state index contributed by atoms with van der Waals surface area (Å²) in [5.74, 6) is -0.168. The normalized spacial score (nSPS) is 18.8. The summed E-state index contributed by atoms with van der Waals surface area (Å²) < 4.78 is 20.0. The summed E-state index contributed by atoms with van der Waals surface area (Å²) in [7, 11) is 0. The van der Waals surface area contributed by atoms with Gasteiger partial charge in [0.05, 0.1) is 6.54 Å². The van der Waals surface area contributed by atoms with Crippen LogP contribution < -0.4 is 5.32 Å². The van der Waals surface area contributed by atoms with E-state index >= 15 is 0 Å². The van der Waals surface area contributed by atoms with Crippen LogP contribution in [-0.2, 0) is 9.53 Å². The molecule has 1 rings (SSSR count). The molecular formula is C16H29FN2O3. The molecule has 1 heterocycles. The molecule has 0 bridgehead atoms. The summed E-state index contributed by atoms with van der Waals surface area (Å²) in [6.07, 6.45) is 0.00105. The molecule has 128 valence electrons. The summed E-state index contributed by atoms with van der Waals surface area (Å²) in [6.45, 7) is 11.4. The average molecular weight is 316 g/mol. The Kier molecular flexibility index (Phi) is 5.47. The number of piperidine rings is 1. The highest BCUT2D eigenvalue weighted by Gasteiger charge is 2.38. The molecule has 1 aliphatic heterocycles. The lowest BCUT2D eigenvalue weighted by atomic mass is 9.91. The number of likely N-dealkylation sites (tertiary alicyclic amines) is 1. The van der Waals surface area contributed by atoms with Gasteiger partial charge in [0, 0.05) is 31.3 Å². The Morgan fingerprint density at radius 1 is 1.14 bits per heavy atom. The third-order valence-corrected chi connectivity index (χ3v) is 3.56. The molecule has 0 aromatic heterocycles. The van der Waals surface area contributed by atoms with E-state index in [1.165, 1.54) is 4.90 Å². The van der Waals surface area contributed by atoms with Crippen LogP contribution in [0.25, 0.3) is 0 Å². The van der Waals surface area contributed by atoms with Crippen molar-refractivity contribution in [2.24, 2.45) is 5.41 Å². The predicted molar refractivity (Wildman–Crippen MR) is 83.3 cm³/mol. The van der Waals surface area contributed by atoms with Crippen molar-refractivity contribution in [3.05, 3.63) is 0 Å². The van der Waals surface area contributed by atoms with Crippen molar-refractivity contribution in [1.29, 1.82) is 0 Å². The number of hydrogen-bond donors (Lipinski definition) is 1. The molecule has 0 aliphatic carbocycles. The monoisotopic (exact) mass is 316 g/mol. The van der Waals surface area contributed by atoms with Crippen molar-refractivity contribution in [2.45, 2.75) is 65.7 Å². The van der Waals surface area contributed by atoms with Crippen LogP contribution in [0.2, 0.25) is 0 Å². The van der Waals surface area contributed by atoms with E-state index < -0.39 is 22.8 Å². The van der Waals surface area contributed by atoms with Crippen molar-refractivity contribution < 1.29 is 18.7 Å². The minimum atomic E-state index is -1.46. The Balaban J connectivity index is 2.47. The Bertz CT molecular complexity index is 416. The zero-order chi connectivity index (χ0) is 17.2. The highest BCUT2D eigenvalue weighted by Crippen LogP contribution is 2.27. The van der Waals surface area contributed by atoms with Crippen LogP contribution in [0.1, 0.15) is 54.4 Å². The summed E-state index contributed by atoms with van der Waals surface area (Å²) in [6, 6.07) is 0. The highest BCUT2D eigenvalue weighted by atomic mass is 19.1. The molecule has 0 unspecified atom stereocenters. The molecule has 1 N–H and O–H groups in total. The fourth-order valence-corrected chi connectivity index (χ4v) is 2.10. The van der Waals surface area contributed by atoms with Crippen LogP contribution in [0.4, 0.5) is 9.18 Å². The van der Waals surface area contributed by atoms with E-state index in [9.17, 15) is 14.0 Å². The summed E-state index contributed by atoms with van der Waals surface area (Å²) in [5.41, 5.74) is -2.55. The van der Waals surface area contributed by atoms with Gasteiger partial charge in [0.2, 0.25) is 5.91 Å². The molecule has 0 aromatic rings. The van der Waals surface area contributed by atoms with Gasteiger partial charge in [-0.25, -0.2) is 9.18 Å². The second kappa shape index (κ2) is 6.42. The molecule has 2 amide bonds. The minimum absolute atomic E-state index is 0.00867. The first-order valence-corrected chi connectivity index (χ1v) is 7.78. The van der Waals surface area contributed by atoms with Crippen LogP contribution in [0.3, 0.4) is 0 Å². The molecular weight excluding hydrogens is 287 g/mol. The van der Waals surface area contributed by atoms with Gasteiger partial charge in [-0.3, -0.25) is 4.79 Å². The van der Waals surface area contributed by atoms with Gasteiger partial charge in [-0.15, -0.1) is 0 Å². The Hall–Kier alpha value is -1.33. The van der Waals surface area contributed by atoms with Gasteiger partial charge in [0.1, 0.15) is 11.3 Å². The zero-order valence-electron chi connectivity index (χ0n) is 14.6. The molecule has 22 heavy (non-hydrogen) atoms. The second-order valence-electron chi connectivity index (χ2n) is 8.05. The fraction of sp³-hybridized carbons (Fsp3) is 0.875. The van der Waals surface area contributed by atoms with E-state index in [1.807, 2.05) is 0 Å². The first-order chi connectivity index (χ1) is 9.82. The topological polar surface area (TPSA) is 58.6 Å². The number of rotatable bonds is 2. The predicted octanol–water partition coefficient (Wildman–Crippen LogP) is 2.89. The van der Waals surface area contributed by atoms with Crippen molar-refractivity contribution in [1.82, 2.24) is 10.2 Å². The Morgan fingerprint density at radius 2 is 1.64 bits per heavy atom. The van der Waals surface area contributed by atoms with Crippen LogP contribution in [-0.4, -0.2) is 47.8 Å². The Labute approximate surface area is 132 Å². The lowest BCUT2D eigenvalue weighted by molar-refractivity contribution is -0.129. The molecule has 0 atom stereocenters. The van der Waals surface area contributed by atoms with Gasteiger partial charge in [-0.1, -0.05) is 20.8 Å². The second-order valence-corrected chi connectivity index (χ2v) is 8.05. The minimum Gasteiger partial charge on any atom is -0.444 e. The van der Waals surface area contributed by atoms with Crippen molar-refractivity contribution in [3.8, 4) is 0 Å². The van der Waals surface area contributed by atoms with E-state index in [0.717, 1.165) is 0 Å². The summed E-state index contributed by atoms with van der Waals surface area (Å²) >= 11 is 0. The van der Waals surface area contributed by atoms with E-state index in [0.29, 0.717) is 13.1 Å². The third kappa shape index (κ3) is 5.81. The van der Waals surface area contributed by atoms with Gasteiger partial charge in [-0.2, -0.15) is 0 Å². The number of hydrogen-bond acceptors (Lipinski definition) is 3. The van der Waals surface area contributed by atoms with Crippen LogP contribution in [0.5, 0.6) is 0 Å². The van der Waals surface area contributed by atoms with Gasteiger partial charge in [-0.05, 0) is 20.8 Å². The molecule has 1 aliphatic rings. The van der Waals surface area contributed by atoms with Crippen LogP contribution in [0.15, 0.2) is 0 Å². The lowest BCUT2D eigenvalue weighted by Crippen LogP contribution is -2.51. The Morgan fingerprint density at radius 3 is 2.05 bits per heavy atom. The van der Waals surface area contributed by atoms with Gasteiger partial charge >= 0.3 is 6.09 Å². The third-order valence-electron chi connectivity index (χ3n) is 3.56. The number of amides is 2. The van der Waals surface area contributed by atoms with Crippen molar-refractivity contribution >= 4 is 12.0 Å². The van der Waals surface area contributed by atoms with E-state index in [-0.39, 0.29) is 25.3 Å². The summed E-state index contributed by atoms with van der Waals surface area (Å²) in [4.78, 5) is 25.3. The first-order valence-electron chi connectivity index (χ1n) is 7.78. The maximum Gasteiger partial charge on any atom is 0.410 e. The maximum atomic E-state index is 14.7. The molecule has 6 heteroatoms. The smallest absolute Gasteiger partial charge is 0.410 e. The van der Waals surface area contributed by atoms with Crippen LogP contribution in [0, 0.1) is 5.41 Å². The van der Waals surface area contributed by atoms with Crippen LogP contribution >= 0.6 is 0 Å². The number of nitrogens with one attached hydrogen (secondary N) is 1. The average Bonchev–Trinajstić information content (AvgIpc) is 2.33. The lowest BCUT2D eigenvalue weighted by Gasteiger charge is -2.37.